The SMILES string of the molecule is Cc1cc(F)ccc1CCNCCCC(C)(C)C#N. The number of rotatable bonds is 7. The first kappa shape index (κ1) is 15.7. The van der Waals surface area contributed by atoms with Crippen molar-refractivity contribution in [3.05, 3.63) is 35.1 Å². The van der Waals surface area contributed by atoms with Gasteiger partial charge in [-0.25, -0.2) is 4.39 Å². The van der Waals surface area contributed by atoms with Gasteiger partial charge >= 0.3 is 0 Å². The first-order chi connectivity index (χ1) is 8.94. The Morgan fingerprint density at radius 3 is 2.68 bits per heavy atom. The molecule has 2 nitrogen and oxygen atoms in total. The van der Waals surface area contributed by atoms with Gasteiger partial charge in [0.15, 0.2) is 0 Å². The van der Waals surface area contributed by atoms with E-state index in [1.807, 2.05) is 26.8 Å². The maximum atomic E-state index is 12.9. The van der Waals surface area contributed by atoms with Gasteiger partial charge < -0.3 is 5.32 Å². The third-order valence-electron chi connectivity index (χ3n) is 3.33. The molecule has 0 aliphatic rings. The van der Waals surface area contributed by atoms with Gasteiger partial charge in [0.05, 0.1) is 11.5 Å². The van der Waals surface area contributed by atoms with Gasteiger partial charge in [0.25, 0.3) is 0 Å². The average molecular weight is 262 g/mol. The van der Waals surface area contributed by atoms with Crippen LogP contribution < -0.4 is 5.32 Å². The summed E-state index contributed by atoms with van der Waals surface area (Å²) in [5, 5.41) is 12.3. The fraction of sp³-hybridized carbons (Fsp3) is 0.562. The Labute approximate surface area is 115 Å². The molecule has 19 heavy (non-hydrogen) atoms. The van der Waals surface area contributed by atoms with Crippen LogP contribution in [0.2, 0.25) is 0 Å². The molecule has 1 aromatic carbocycles. The highest BCUT2D eigenvalue weighted by molar-refractivity contribution is 5.26. The summed E-state index contributed by atoms with van der Waals surface area (Å²) in [6, 6.07) is 7.25. The fourth-order valence-corrected chi connectivity index (χ4v) is 2.00. The van der Waals surface area contributed by atoms with Crippen molar-refractivity contribution in [1.29, 1.82) is 5.26 Å². The molecule has 3 heteroatoms. The van der Waals surface area contributed by atoms with E-state index in [0.29, 0.717) is 0 Å². The molecule has 0 aliphatic heterocycles. The highest BCUT2D eigenvalue weighted by Crippen LogP contribution is 2.19. The van der Waals surface area contributed by atoms with Gasteiger partial charge in [0.1, 0.15) is 5.82 Å². The van der Waals surface area contributed by atoms with Gasteiger partial charge in [-0.3, -0.25) is 0 Å². The van der Waals surface area contributed by atoms with Crippen LogP contribution in [0.15, 0.2) is 18.2 Å². The average Bonchev–Trinajstić information content (AvgIpc) is 2.35. The van der Waals surface area contributed by atoms with Crippen molar-refractivity contribution in [2.45, 2.75) is 40.0 Å². The molecule has 0 aliphatic carbocycles. The van der Waals surface area contributed by atoms with Crippen LogP contribution in [0.25, 0.3) is 0 Å². The second-order valence-corrected chi connectivity index (χ2v) is 5.67. The van der Waals surface area contributed by atoms with Crippen LogP contribution in [0.5, 0.6) is 0 Å². The summed E-state index contributed by atoms with van der Waals surface area (Å²) >= 11 is 0. The topological polar surface area (TPSA) is 35.8 Å². The number of nitriles is 1. The monoisotopic (exact) mass is 262 g/mol. The van der Waals surface area contributed by atoms with E-state index in [-0.39, 0.29) is 11.2 Å². The predicted molar refractivity (Wildman–Crippen MR) is 76.3 cm³/mol. The standard InChI is InChI=1S/C16H23FN2/c1-13-11-15(17)6-5-14(13)7-10-19-9-4-8-16(2,3)12-18/h5-6,11,19H,4,7-10H2,1-3H3. The zero-order valence-electron chi connectivity index (χ0n) is 12.1. The second kappa shape index (κ2) is 7.25. The van der Waals surface area contributed by atoms with Crippen molar-refractivity contribution < 1.29 is 4.39 Å². The van der Waals surface area contributed by atoms with E-state index in [1.165, 1.54) is 11.6 Å². The molecule has 104 valence electrons. The van der Waals surface area contributed by atoms with E-state index >= 15 is 0 Å². The maximum absolute atomic E-state index is 12.9. The Morgan fingerprint density at radius 2 is 2.05 bits per heavy atom. The van der Waals surface area contributed by atoms with Crippen molar-refractivity contribution in [2.24, 2.45) is 5.41 Å². The lowest BCUT2D eigenvalue weighted by atomic mass is 9.90. The van der Waals surface area contributed by atoms with Crippen molar-refractivity contribution in [3.8, 4) is 6.07 Å². The second-order valence-electron chi connectivity index (χ2n) is 5.67. The van der Waals surface area contributed by atoms with Crippen molar-refractivity contribution in [2.75, 3.05) is 13.1 Å². The van der Waals surface area contributed by atoms with Gasteiger partial charge in [-0.15, -0.1) is 0 Å². The van der Waals surface area contributed by atoms with E-state index in [2.05, 4.69) is 11.4 Å². The summed E-state index contributed by atoms with van der Waals surface area (Å²) in [6.45, 7) is 7.68. The van der Waals surface area contributed by atoms with E-state index in [4.69, 9.17) is 5.26 Å². The van der Waals surface area contributed by atoms with E-state index in [0.717, 1.165) is 37.9 Å². The number of aryl methyl sites for hydroxylation is 1. The molecule has 0 heterocycles. The van der Waals surface area contributed by atoms with E-state index in [1.54, 1.807) is 6.07 Å². The summed E-state index contributed by atoms with van der Waals surface area (Å²) in [5.41, 5.74) is 1.97. The highest BCUT2D eigenvalue weighted by Gasteiger charge is 2.15. The Bertz CT molecular complexity index is 447. The van der Waals surface area contributed by atoms with Gasteiger partial charge in [-0.05, 0) is 76.4 Å². The lowest BCUT2D eigenvalue weighted by molar-refractivity contribution is 0.426. The van der Waals surface area contributed by atoms with Crippen molar-refractivity contribution in [3.63, 3.8) is 0 Å². The van der Waals surface area contributed by atoms with Crippen LogP contribution in [0.3, 0.4) is 0 Å². The molecule has 0 spiro atoms. The number of nitrogens with zero attached hydrogens (tertiary/aromatic N) is 1. The summed E-state index contributed by atoms with van der Waals surface area (Å²) in [5.74, 6) is -0.173. The largest absolute Gasteiger partial charge is 0.316 e. The number of hydrogen-bond acceptors (Lipinski definition) is 2. The lowest BCUT2D eigenvalue weighted by Crippen LogP contribution is -2.20. The van der Waals surface area contributed by atoms with Crippen LogP contribution in [0.1, 0.15) is 37.8 Å². The van der Waals surface area contributed by atoms with Crippen LogP contribution in [0, 0.1) is 29.5 Å². The summed E-state index contributed by atoms with van der Waals surface area (Å²) in [7, 11) is 0. The third kappa shape index (κ3) is 5.85. The van der Waals surface area contributed by atoms with Crippen molar-refractivity contribution >= 4 is 0 Å². The van der Waals surface area contributed by atoms with Gasteiger partial charge in [0.2, 0.25) is 0 Å². The quantitative estimate of drug-likeness (QED) is 0.762. The highest BCUT2D eigenvalue weighted by atomic mass is 19.1. The molecular weight excluding hydrogens is 239 g/mol. The van der Waals surface area contributed by atoms with Crippen LogP contribution in [-0.4, -0.2) is 13.1 Å². The molecule has 0 radical (unpaired) electrons. The molecule has 0 fully saturated rings. The summed E-state index contributed by atoms with van der Waals surface area (Å²) in [4.78, 5) is 0. The summed E-state index contributed by atoms with van der Waals surface area (Å²) in [6.07, 6.45) is 2.82. The minimum atomic E-state index is -0.227. The Morgan fingerprint density at radius 1 is 1.32 bits per heavy atom. The zero-order chi connectivity index (χ0) is 14.3. The molecule has 1 N–H and O–H groups in total. The van der Waals surface area contributed by atoms with E-state index < -0.39 is 0 Å². The smallest absolute Gasteiger partial charge is 0.123 e. The molecule has 0 bridgehead atoms. The molecule has 0 unspecified atom stereocenters. The molecule has 0 amide bonds. The first-order valence-electron chi connectivity index (χ1n) is 6.81. The number of nitrogens with one attached hydrogen (secondary N) is 1. The maximum Gasteiger partial charge on any atom is 0.123 e. The molecular formula is C16H23FN2. The molecule has 0 aromatic heterocycles. The Hall–Kier alpha value is -1.40. The number of hydrogen-bond donors (Lipinski definition) is 1. The van der Waals surface area contributed by atoms with Gasteiger partial charge in [-0.2, -0.15) is 5.26 Å². The molecule has 0 saturated carbocycles. The lowest BCUT2D eigenvalue weighted by Gasteiger charge is -2.14. The van der Waals surface area contributed by atoms with Crippen LogP contribution >= 0.6 is 0 Å². The Balaban J connectivity index is 2.20. The third-order valence-corrected chi connectivity index (χ3v) is 3.33. The first-order valence-corrected chi connectivity index (χ1v) is 6.81. The fourth-order valence-electron chi connectivity index (χ4n) is 2.00. The number of benzene rings is 1. The van der Waals surface area contributed by atoms with Gasteiger partial charge in [0, 0.05) is 0 Å². The van der Waals surface area contributed by atoms with Crippen molar-refractivity contribution in [1.82, 2.24) is 5.32 Å². The molecule has 0 saturated heterocycles. The Kier molecular flexibility index (Phi) is 5.98. The minimum Gasteiger partial charge on any atom is -0.316 e. The minimum absolute atomic E-state index is 0.173. The van der Waals surface area contributed by atoms with Gasteiger partial charge in [-0.1, -0.05) is 6.07 Å². The normalized spacial score (nSPS) is 11.3. The summed E-state index contributed by atoms with van der Waals surface area (Å²) < 4.78 is 12.9. The van der Waals surface area contributed by atoms with E-state index in [9.17, 15) is 4.39 Å². The number of halogens is 1. The predicted octanol–water partition coefficient (Wildman–Crippen LogP) is 3.60. The van der Waals surface area contributed by atoms with Crippen LogP contribution in [0.4, 0.5) is 4.39 Å². The molecule has 1 aromatic rings. The molecule has 1 rings (SSSR count). The van der Waals surface area contributed by atoms with Crippen LogP contribution in [-0.2, 0) is 6.42 Å². The molecule has 0 atom stereocenters. The zero-order valence-corrected chi connectivity index (χ0v) is 12.1.